The zero-order chi connectivity index (χ0) is 15.3. The quantitative estimate of drug-likeness (QED) is 0.775. The van der Waals surface area contributed by atoms with Crippen LogP contribution < -0.4 is 5.32 Å². The third-order valence-electron chi connectivity index (χ3n) is 3.98. The van der Waals surface area contributed by atoms with Crippen LogP contribution in [0.25, 0.3) is 0 Å². The summed E-state index contributed by atoms with van der Waals surface area (Å²) in [5, 5.41) is 8.93. The van der Waals surface area contributed by atoms with E-state index < -0.39 is 0 Å². The lowest BCUT2D eigenvalue weighted by Gasteiger charge is -2.31. The largest absolute Gasteiger partial charge is 0.316 e. The Morgan fingerprint density at radius 1 is 1.30 bits per heavy atom. The number of hydrogen-bond donors (Lipinski definition) is 1. The molecule has 0 aliphatic carbocycles. The number of hydrogen-bond acceptors (Lipinski definition) is 2. The summed E-state index contributed by atoms with van der Waals surface area (Å²) in [5.74, 6) is 0.548. The van der Waals surface area contributed by atoms with Crippen molar-refractivity contribution in [3.63, 3.8) is 0 Å². The zero-order valence-electron chi connectivity index (χ0n) is 13.9. The minimum Gasteiger partial charge on any atom is -0.316 e. The van der Waals surface area contributed by atoms with Gasteiger partial charge in [0.1, 0.15) is 0 Å². The van der Waals surface area contributed by atoms with E-state index in [1.807, 2.05) is 11.7 Å². The van der Waals surface area contributed by atoms with Crippen LogP contribution in [0.4, 0.5) is 0 Å². The van der Waals surface area contributed by atoms with E-state index in [0.717, 1.165) is 36.6 Å². The summed E-state index contributed by atoms with van der Waals surface area (Å²) >= 11 is 6.48. The Hall–Kier alpha value is -0.540. The molecule has 0 aromatic carbocycles. The van der Waals surface area contributed by atoms with Crippen molar-refractivity contribution < 1.29 is 0 Å². The highest BCUT2D eigenvalue weighted by Crippen LogP contribution is 2.31. The number of nitrogens with one attached hydrogen (secondary N) is 1. The lowest BCUT2D eigenvalue weighted by Crippen LogP contribution is -2.34. The molecule has 0 spiro atoms. The van der Waals surface area contributed by atoms with E-state index in [9.17, 15) is 0 Å². The van der Waals surface area contributed by atoms with Gasteiger partial charge >= 0.3 is 0 Å². The molecule has 0 bridgehead atoms. The summed E-state index contributed by atoms with van der Waals surface area (Å²) in [7, 11) is 2.00. The van der Waals surface area contributed by atoms with E-state index in [0.29, 0.717) is 5.92 Å². The molecular formula is C16H30ClN3. The Bertz CT molecular complexity index is 418. The minimum absolute atomic E-state index is 0.251. The highest BCUT2D eigenvalue weighted by atomic mass is 35.5. The number of halogens is 1. The van der Waals surface area contributed by atoms with Crippen molar-refractivity contribution >= 4 is 11.6 Å². The van der Waals surface area contributed by atoms with Crippen LogP contribution in [0.1, 0.15) is 52.4 Å². The van der Waals surface area contributed by atoms with Gasteiger partial charge in [0.25, 0.3) is 0 Å². The molecule has 1 heterocycles. The van der Waals surface area contributed by atoms with Gasteiger partial charge in [0.2, 0.25) is 0 Å². The molecule has 0 radical (unpaired) electrons. The summed E-state index contributed by atoms with van der Waals surface area (Å²) in [6, 6.07) is 0. The Morgan fingerprint density at radius 2 is 1.95 bits per heavy atom. The summed E-state index contributed by atoms with van der Waals surface area (Å²) in [6.45, 7) is 13.3. The van der Waals surface area contributed by atoms with Crippen molar-refractivity contribution in [1.29, 1.82) is 0 Å². The predicted octanol–water partition coefficient (Wildman–Crippen LogP) is 3.84. The van der Waals surface area contributed by atoms with Crippen molar-refractivity contribution in [1.82, 2.24) is 15.1 Å². The molecule has 1 rings (SSSR count). The first kappa shape index (κ1) is 17.5. The average molecular weight is 300 g/mol. The minimum atomic E-state index is 0.251. The maximum absolute atomic E-state index is 6.48. The van der Waals surface area contributed by atoms with E-state index in [-0.39, 0.29) is 5.41 Å². The van der Waals surface area contributed by atoms with Gasteiger partial charge in [-0.15, -0.1) is 0 Å². The van der Waals surface area contributed by atoms with Gasteiger partial charge in [0, 0.05) is 7.05 Å². The Morgan fingerprint density at radius 3 is 2.40 bits per heavy atom. The molecule has 0 fully saturated rings. The van der Waals surface area contributed by atoms with Crippen molar-refractivity contribution in [2.24, 2.45) is 18.4 Å². The molecule has 1 N–H and O–H groups in total. The van der Waals surface area contributed by atoms with Crippen molar-refractivity contribution in [3.8, 4) is 0 Å². The first-order chi connectivity index (χ1) is 9.31. The van der Waals surface area contributed by atoms with Gasteiger partial charge in [-0.3, -0.25) is 4.68 Å². The molecule has 4 heteroatoms. The summed E-state index contributed by atoms with van der Waals surface area (Å²) in [5.41, 5.74) is 2.43. The van der Waals surface area contributed by atoms with Crippen LogP contribution in [0.5, 0.6) is 0 Å². The molecule has 1 unspecified atom stereocenters. The molecule has 0 saturated heterocycles. The molecule has 1 aromatic heterocycles. The fraction of sp³-hybridized carbons (Fsp3) is 0.812. The Kier molecular flexibility index (Phi) is 6.53. The SMILES string of the molecule is CCCNCC(Cc1c(Cl)c(CC)nn1C)C(C)(C)C. The van der Waals surface area contributed by atoms with Crippen LogP contribution >= 0.6 is 11.6 Å². The second-order valence-corrected chi connectivity index (χ2v) is 7.03. The van der Waals surface area contributed by atoms with Gasteiger partial charge < -0.3 is 5.32 Å². The van der Waals surface area contributed by atoms with Crippen molar-refractivity contribution in [2.75, 3.05) is 13.1 Å². The van der Waals surface area contributed by atoms with Gasteiger partial charge in [0.15, 0.2) is 0 Å². The Labute approximate surface area is 129 Å². The second-order valence-electron chi connectivity index (χ2n) is 6.66. The fourth-order valence-corrected chi connectivity index (χ4v) is 2.78. The summed E-state index contributed by atoms with van der Waals surface area (Å²) in [6.07, 6.45) is 3.03. The van der Waals surface area contributed by atoms with Crippen molar-refractivity contribution in [3.05, 3.63) is 16.4 Å². The van der Waals surface area contributed by atoms with Crippen LogP contribution in [0.3, 0.4) is 0 Å². The van der Waals surface area contributed by atoms with Gasteiger partial charge in [-0.2, -0.15) is 5.10 Å². The normalized spacial score (nSPS) is 13.8. The molecule has 0 aliphatic rings. The fourth-order valence-electron chi connectivity index (χ4n) is 2.41. The third kappa shape index (κ3) is 4.49. The van der Waals surface area contributed by atoms with E-state index in [1.165, 1.54) is 12.1 Å². The topological polar surface area (TPSA) is 29.9 Å². The van der Waals surface area contributed by atoms with Crippen LogP contribution in [0.15, 0.2) is 0 Å². The molecule has 0 aliphatic heterocycles. The van der Waals surface area contributed by atoms with Gasteiger partial charge in [-0.05, 0) is 43.7 Å². The first-order valence-corrected chi connectivity index (χ1v) is 8.09. The van der Waals surface area contributed by atoms with Crippen LogP contribution in [0.2, 0.25) is 5.02 Å². The van der Waals surface area contributed by atoms with Crippen LogP contribution in [-0.2, 0) is 19.9 Å². The second kappa shape index (κ2) is 7.46. The highest BCUT2D eigenvalue weighted by molar-refractivity contribution is 6.31. The van der Waals surface area contributed by atoms with E-state index >= 15 is 0 Å². The smallest absolute Gasteiger partial charge is 0.0849 e. The molecule has 1 atom stereocenters. The number of rotatable bonds is 7. The standard InChI is InChI=1S/C16H30ClN3/c1-7-9-18-11-12(16(3,4)5)10-14-15(17)13(8-2)19-20(14)6/h12,18H,7-11H2,1-6H3. The van der Waals surface area contributed by atoms with E-state index in [2.05, 4.69) is 45.0 Å². The molecule has 0 amide bonds. The highest BCUT2D eigenvalue weighted by Gasteiger charge is 2.27. The van der Waals surface area contributed by atoms with E-state index in [1.54, 1.807) is 0 Å². The molecular weight excluding hydrogens is 270 g/mol. The monoisotopic (exact) mass is 299 g/mol. The molecule has 0 saturated carbocycles. The van der Waals surface area contributed by atoms with Gasteiger partial charge in [0.05, 0.1) is 16.4 Å². The summed E-state index contributed by atoms with van der Waals surface area (Å²) < 4.78 is 1.96. The van der Waals surface area contributed by atoms with Crippen LogP contribution in [0, 0.1) is 11.3 Å². The zero-order valence-corrected chi connectivity index (χ0v) is 14.6. The number of aryl methyl sites for hydroxylation is 2. The molecule has 116 valence electrons. The third-order valence-corrected chi connectivity index (χ3v) is 4.42. The van der Waals surface area contributed by atoms with E-state index in [4.69, 9.17) is 11.6 Å². The first-order valence-electron chi connectivity index (χ1n) is 7.72. The summed E-state index contributed by atoms with van der Waals surface area (Å²) in [4.78, 5) is 0. The van der Waals surface area contributed by atoms with Gasteiger partial charge in [-0.25, -0.2) is 0 Å². The van der Waals surface area contributed by atoms with Crippen LogP contribution in [-0.4, -0.2) is 22.9 Å². The molecule has 20 heavy (non-hydrogen) atoms. The lowest BCUT2D eigenvalue weighted by atomic mass is 9.78. The maximum atomic E-state index is 6.48. The average Bonchev–Trinajstić information content (AvgIpc) is 2.63. The number of nitrogens with zero attached hydrogens (tertiary/aromatic N) is 2. The number of aromatic nitrogens is 2. The predicted molar refractivity (Wildman–Crippen MR) is 87.4 cm³/mol. The maximum Gasteiger partial charge on any atom is 0.0849 e. The van der Waals surface area contributed by atoms with Crippen molar-refractivity contribution in [2.45, 2.75) is 53.9 Å². The molecule has 1 aromatic rings. The Balaban J connectivity index is 2.87. The molecule has 3 nitrogen and oxygen atoms in total. The lowest BCUT2D eigenvalue weighted by molar-refractivity contribution is 0.228. The van der Waals surface area contributed by atoms with Gasteiger partial charge in [-0.1, -0.05) is 46.2 Å².